The number of aryl methyl sites for hydroxylation is 1. The topological polar surface area (TPSA) is 50.9 Å². The van der Waals surface area contributed by atoms with Crippen molar-refractivity contribution < 1.29 is 0 Å². The number of fused-ring (bicyclic) bond motifs is 1. The molecule has 2 aromatic rings. The molecule has 0 radical (unpaired) electrons. The van der Waals surface area contributed by atoms with Crippen LogP contribution < -0.4 is 11.3 Å². The van der Waals surface area contributed by atoms with Crippen LogP contribution in [0.2, 0.25) is 5.02 Å². The van der Waals surface area contributed by atoms with Crippen molar-refractivity contribution in [3.05, 3.63) is 34.9 Å². The first-order chi connectivity index (χ1) is 6.70. The van der Waals surface area contributed by atoms with Crippen LogP contribution in [-0.4, -0.2) is 4.98 Å². The zero-order valence-corrected chi connectivity index (χ0v) is 8.47. The molecule has 0 saturated heterocycles. The number of nitrogens with one attached hydrogen (secondary N) is 1. The van der Waals surface area contributed by atoms with Gasteiger partial charge in [0.25, 0.3) is 0 Å². The Morgan fingerprint density at radius 1 is 1.36 bits per heavy atom. The van der Waals surface area contributed by atoms with E-state index in [0.717, 1.165) is 21.5 Å². The molecule has 0 aliphatic carbocycles. The quantitative estimate of drug-likeness (QED) is 0.558. The van der Waals surface area contributed by atoms with Crippen LogP contribution in [0.5, 0.6) is 0 Å². The summed E-state index contributed by atoms with van der Waals surface area (Å²) < 4.78 is 0. The molecular weight excluding hydrogens is 198 g/mol. The van der Waals surface area contributed by atoms with Gasteiger partial charge >= 0.3 is 0 Å². The number of nitrogens with zero attached hydrogens (tertiary/aromatic N) is 1. The van der Waals surface area contributed by atoms with E-state index >= 15 is 0 Å². The first-order valence-corrected chi connectivity index (χ1v) is 4.62. The molecule has 0 saturated carbocycles. The molecule has 0 fully saturated rings. The van der Waals surface area contributed by atoms with E-state index in [9.17, 15) is 0 Å². The maximum atomic E-state index is 5.93. The summed E-state index contributed by atoms with van der Waals surface area (Å²) in [6, 6.07) is 7.53. The molecule has 1 aromatic carbocycles. The number of hydrogen-bond acceptors (Lipinski definition) is 3. The number of aromatic nitrogens is 1. The molecule has 3 N–H and O–H groups in total. The van der Waals surface area contributed by atoms with E-state index in [4.69, 9.17) is 17.4 Å². The van der Waals surface area contributed by atoms with E-state index in [1.165, 1.54) is 0 Å². The van der Waals surface area contributed by atoms with Crippen molar-refractivity contribution in [2.75, 3.05) is 5.43 Å². The zero-order chi connectivity index (χ0) is 10.1. The normalized spacial score (nSPS) is 10.5. The van der Waals surface area contributed by atoms with Crippen LogP contribution in [0.15, 0.2) is 24.3 Å². The fourth-order valence-corrected chi connectivity index (χ4v) is 1.73. The summed E-state index contributed by atoms with van der Waals surface area (Å²) in [5.41, 5.74) is 4.48. The number of benzene rings is 1. The third-order valence-corrected chi connectivity index (χ3v) is 2.31. The van der Waals surface area contributed by atoms with Gasteiger partial charge in [0.15, 0.2) is 0 Å². The maximum absolute atomic E-state index is 5.93. The van der Waals surface area contributed by atoms with Gasteiger partial charge in [0.05, 0.1) is 5.52 Å². The summed E-state index contributed by atoms with van der Waals surface area (Å²) in [6.07, 6.45) is 0. The Morgan fingerprint density at radius 3 is 2.86 bits per heavy atom. The van der Waals surface area contributed by atoms with Gasteiger partial charge in [-0.15, -0.1) is 0 Å². The Hall–Kier alpha value is -1.32. The Bertz CT molecular complexity index is 482. The highest BCUT2D eigenvalue weighted by molar-refractivity contribution is 6.31. The van der Waals surface area contributed by atoms with Crippen LogP contribution in [0.25, 0.3) is 10.9 Å². The van der Waals surface area contributed by atoms with Crippen LogP contribution in [-0.2, 0) is 0 Å². The molecule has 1 aromatic heterocycles. The minimum atomic E-state index is 0.655. The number of anilines is 1. The molecule has 4 heteroatoms. The number of nitrogen functional groups attached to an aromatic ring is 1. The molecule has 1 heterocycles. The highest BCUT2D eigenvalue weighted by Gasteiger charge is 2.01. The number of pyridine rings is 1. The second kappa shape index (κ2) is 3.44. The van der Waals surface area contributed by atoms with E-state index < -0.39 is 0 Å². The van der Waals surface area contributed by atoms with Gasteiger partial charge in [-0.2, -0.15) is 0 Å². The van der Waals surface area contributed by atoms with E-state index in [1.54, 1.807) is 0 Å². The summed E-state index contributed by atoms with van der Waals surface area (Å²) in [6.45, 7) is 1.97. The Balaban J connectivity index is 2.75. The number of rotatable bonds is 1. The first-order valence-electron chi connectivity index (χ1n) is 4.24. The summed E-state index contributed by atoms with van der Waals surface area (Å²) in [7, 11) is 0. The third-order valence-electron chi connectivity index (χ3n) is 2.10. The summed E-state index contributed by atoms with van der Waals surface area (Å²) in [5.74, 6) is 5.94. The minimum Gasteiger partial charge on any atom is -0.308 e. The lowest BCUT2D eigenvalue weighted by Gasteiger charge is -2.04. The summed E-state index contributed by atoms with van der Waals surface area (Å²) in [5, 5.41) is 1.75. The maximum Gasteiger partial charge on any atom is 0.140 e. The van der Waals surface area contributed by atoms with Gasteiger partial charge in [-0.25, -0.2) is 10.8 Å². The minimum absolute atomic E-state index is 0.655. The lowest BCUT2D eigenvalue weighted by atomic mass is 10.1. The fraction of sp³-hybridized carbons (Fsp3) is 0.100. The average molecular weight is 208 g/mol. The van der Waals surface area contributed by atoms with Gasteiger partial charge in [0.1, 0.15) is 5.82 Å². The van der Waals surface area contributed by atoms with Gasteiger partial charge in [-0.1, -0.05) is 11.6 Å². The van der Waals surface area contributed by atoms with Crippen LogP contribution in [0.4, 0.5) is 5.82 Å². The molecule has 0 bridgehead atoms. The smallest absolute Gasteiger partial charge is 0.140 e. The zero-order valence-electron chi connectivity index (χ0n) is 7.71. The first kappa shape index (κ1) is 9.24. The SMILES string of the molecule is Cc1cc(Cl)cc2ccc(NN)nc12. The average Bonchev–Trinajstić information content (AvgIpc) is 2.17. The van der Waals surface area contributed by atoms with Crippen LogP contribution in [0.1, 0.15) is 5.56 Å². The van der Waals surface area contributed by atoms with Gasteiger partial charge in [0.2, 0.25) is 0 Å². The molecular formula is C10H10ClN3. The van der Waals surface area contributed by atoms with E-state index in [0.29, 0.717) is 5.82 Å². The molecule has 0 aliphatic rings. The molecule has 2 rings (SSSR count). The van der Waals surface area contributed by atoms with E-state index in [1.807, 2.05) is 31.2 Å². The number of nitrogens with two attached hydrogens (primary N) is 1. The predicted molar refractivity (Wildman–Crippen MR) is 59.3 cm³/mol. The highest BCUT2D eigenvalue weighted by Crippen LogP contribution is 2.23. The third kappa shape index (κ3) is 1.52. The van der Waals surface area contributed by atoms with Crippen molar-refractivity contribution in [3.63, 3.8) is 0 Å². The molecule has 3 nitrogen and oxygen atoms in total. The molecule has 0 aliphatic heterocycles. The fourth-order valence-electron chi connectivity index (χ4n) is 1.45. The van der Waals surface area contributed by atoms with Crippen molar-refractivity contribution in [2.24, 2.45) is 5.84 Å². The highest BCUT2D eigenvalue weighted by atomic mass is 35.5. The standard InChI is InChI=1S/C10H10ClN3/c1-6-4-8(11)5-7-2-3-9(14-12)13-10(6)7/h2-5H,12H2,1H3,(H,13,14). The van der Waals surface area contributed by atoms with Crippen LogP contribution in [0, 0.1) is 6.92 Å². The molecule has 0 unspecified atom stereocenters. The lowest BCUT2D eigenvalue weighted by Crippen LogP contribution is -2.08. The van der Waals surface area contributed by atoms with Crippen molar-refractivity contribution in [1.29, 1.82) is 0 Å². The van der Waals surface area contributed by atoms with Gasteiger partial charge in [-0.3, -0.25) is 0 Å². The van der Waals surface area contributed by atoms with Crippen molar-refractivity contribution >= 4 is 28.3 Å². The Kier molecular flexibility index (Phi) is 2.27. The van der Waals surface area contributed by atoms with E-state index in [-0.39, 0.29) is 0 Å². The van der Waals surface area contributed by atoms with E-state index in [2.05, 4.69) is 10.4 Å². The van der Waals surface area contributed by atoms with Gasteiger partial charge < -0.3 is 5.43 Å². The van der Waals surface area contributed by atoms with Gasteiger partial charge in [0, 0.05) is 10.4 Å². The monoisotopic (exact) mass is 207 g/mol. The van der Waals surface area contributed by atoms with Crippen LogP contribution in [0.3, 0.4) is 0 Å². The summed E-state index contributed by atoms with van der Waals surface area (Å²) >= 11 is 5.93. The number of halogens is 1. The van der Waals surface area contributed by atoms with Crippen molar-refractivity contribution in [1.82, 2.24) is 4.98 Å². The molecule has 14 heavy (non-hydrogen) atoms. The second-order valence-electron chi connectivity index (χ2n) is 3.14. The molecule has 0 spiro atoms. The molecule has 0 atom stereocenters. The second-order valence-corrected chi connectivity index (χ2v) is 3.57. The molecule has 72 valence electrons. The largest absolute Gasteiger partial charge is 0.308 e. The molecule has 0 amide bonds. The van der Waals surface area contributed by atoms with Crippen molar-refractivity contribution in [3.8, 4) is 0 Å². The number of hydrogen-bond donors (Lipinski definition) is 2. The predicted octanol–water partition coefficient (Wildman–Crippen LogP) is 2.48. The lowest BCUT2D eigenvalue weighted by molar-refractivity contribution is 1.25. The van der Waals surface area contributed by atoms with Crippen LogP contribution >= 0.6 is 11.6 Å². The van der Waals surface area contributed by atoms with Crippen molar-refractivity contribution in [2.45, 2.75) is 6.92 Å². The van der Waals surface area contributed by atoms with Gasteiger partial charge in [-0.05, 0) is 36.8 Å². The Labute approximate surface area is 86.9 Å². The number of hydrazine groups is 1. The summed E-state index contributed by atoms with van der Waals surface area (Å²) in [4.78, 5) is 4.34. The Morgan fingerprint density at radius 2 is 2.14 bits per heavy atom.